The molecule has 2 rings (SSSR count). The minimum absolute atomic E-state index is 0.137. The minimum atomic E-state index is -0.755. The molecule has 5 nitrogen and oxygen atoms in total. The summed E-state index contributed by atoms with van der Waals surface area (Å²) in [5, 5.41) is 19.2. The van der Waals surface area contributed by atoms with Gasteiger partial charge in [-0.05, 0) is 12.8 Å². The molecular weight excluding hydrogens is 232 g/mol. The van der Waals surface area contributed by atoms with Gasteiger partial charge in [-0.3, -0.25) is 14.6 Å². The average Bonchev–Trinajstić information content (AvgIpc) is 2.31. The van der Waals surface area contributed by atoms with E-state index in [1.165, 1.54) is 6.42 Å². The van der Waals surface area contributed by atoms with Crippen molar-refractivity contribution in [3.8, 4) is 0 Å². The summed E-state index contributed by atoms with van der Waals surface area (Å²) in [6.07, 6.45) is 5.35. The quantitative estimate of drug-likeness (QED) is 0.761. The fraction of sp³-hybridized carbons (Fsp3) is 0.923. The Morgan fingerprint density at radius 2 is 1.56 bits per heavy atom. The largest absolute Gasteiger partial charge is 0.480 e. The van der Waals surface area contributed by atoms with E-state index in [1.54, 1.807) is 0 Å². The average molecular weight is 256 g/mol. The Morgan fingerprint density at radius 3 is 2.11 bits per heavy atom. The molecule has 1 saturated heterocycles. The van der Waals surface area contributed by atoms with Crippen molar-refractivity contribution in [1.82, 2.24) is 9.80 Å². The van der Waals surface area contributed by atoms with E-state index in [0.717, 1.165) is 58.4 Å². The maximum Gasteiger partial charge on any atom is 0.317 e. The van der Waals surface area contributed by atoms with E-state index in [2.05, 4.69) is 4.90 Å². The highest BCUT2D eigenvalue weighted by molar-refractivity contribution is 5.69. The summed E-state index contributed by atoms with van der Waals surface area (Å²) in [5.41, 5.74) is -0.493. The number of aliphatic carboxylic acids is 1. The Labute approximate surface area is 108 Å². The normalized spacial score (nSPS) is 26.1. The van der Waals surface area contributed by atoms with Crippen molar-refractivity contribution < 1.29 is 15.0 Å². The maximum absolute atomic E-state index is 10.6. The number of piperazine rings is 1. The molecule has 104 valence electrons. The van der Waals surface area contributed by atoms with Gasteiger partial charge in [-0.15, -0.1) is 0 Å². The van der Waals surface area contributed by atoms with Gasteiger partial charge >= 0.3 is 5.97 Å². The van der Waals surface area contributed by atoms with Gasteiger partial charge in [-0.2, -0.15) is 0 Å². The second-order valence-electron chi connectivity index (χ2n) is 5.73. The van der Waals surface area contributed by atoms with Crippen molar-refractivity contribution in [2.24, 2.45) is 0 Å². The topological polar surface area (TPSA) is 64.0 Å². The fourth-order valence-electron chi connectivity index (χ4n) is 3.08. The van der Waals surface area contributed by atoms with Gasteiger partial charge < -0.3 is 10.2 Å². The molecule has 0 aromatic heterocycles. The van der Waals surface area contributed by atoms with E-state index in [1.807, 2.05) is 4.90 Å². The summed E-state index contributed by atoms with van der Waals surface area (Å²) in [6.45, 7) is 4.22. The molecule has 0 radical (unpaired) electrons. The van der Waals surface area contributed by atoms with Crippen molar-refractivity contribution >= 4 is 5.97 Å². The first kappa shape index (κ1) is 13.8. The highest BCUT2D eigenvalue weighted by Gasteiger charge is 2.32. The summed E-state index contributed by atoms with van der Waals surface area (Å²) in [5.74, 6) is -0.755. The van der Waals surface area contributed by atoms with Gasteiger partial charge in [0.15, 0.2) is 0 Å². The molecule has 0 unspecified atom stereocenters. The van der Waals surface area contributed by atoms with E-state index in [4.69, 9.17) is 5.11 Å². The predicted molar refractivity (Wildman–Crippen MR) is 68.6 cm³/mol. The lowest BCUT2D eigenvalue weighted by molar-refractivity contribution is -0.139. The Balaban J connectivity index is 1.74. The van der Waals surface area contributed by atoms with E-state index < -0.39 is 11.6 Å². The van der Waals surface area contributed by atoms with Crippen molar-refractivity contribution in [2.45, 2.75) is 37.7 Å². The van der Waals surface area contributed by atoms with Crippen molar-refractivity contribution in [1.29, 1.82) is 0 Å². The van der Waals surface area contributed by atoms with E-state index in [0.29, 0.717) is 0 Å². The van der Waals surface area contributed by atoms with Crippen molar-refractivity contribution in [3.63, 3.8) is 0 Å². The van der Waals surface area contributed by atoms with Crippen LogP contribution in [0.5, 0.6) is 0 Å². The number of hydrogen-bond donors (Lipinski definition) is 2. The smallest absolute Gasteiger partial charge is 0.317 e. The number of carboxylic acid groups (broad SMARTS) is 1. The summed E-state index contributed by atoms with van der Waals surface area (Å²) in [7, 11) is 0. The third kappa shape index (κ3) is 3.93. The number of carbonyl (C=O) groups is 1. The number of hydrogen-bond acceptors (Lipinski definition) is 4. The van der Waals surface area contributed by atoms with Crippen LogP contribution in [0.3, 0.4) is 0 Å². The molecule has 0 atom stereocenters. The number of aliphatic hydroxyl groups is 1. The molecule has 18 heavy (non-hydrogen) atoms. The van der Waals surface area contributed by atoms with Gasteiger partial charge in [0.1, 0.15) is 0 Å². The van der Waals surface area contributed by atoms with Crippen molar-refractivity contribution in [3.05, 3.63) is 0 Å². The van der Waals surface area contributed by atoms with Crippen LogP contribution < -0.4 is 0 Å². The van der Waals surface area contributed by atoms with Gasteiger partial charge in [0.2, 0.25) is 0 Å². The van der Waals surface area contributed by atoms with Gasteiger partial charge in [0, 0.05) is 32.7 Å². The van der Waals surface area contributed by atoms with Crippen LogP contribution in [0.2, 0.25) is 0 Å². The molecule has 0 aromatic carbocycles. The summed E-state index contributed by atoms with van der Waals surface area (Å²) in [6, 6.07) is 0. The third-order valence-electron chi connectivity index (χ3n) is 4.13. The van der Waals surface area contributed by atoms with E-state index in [-0.39, 0.29) is 6.54 Å². The number of nitrogens with zero attached hydrogens (tertiary/aromatic N) is 2. The van der Waals surface area contributed by atoms with Gasteiger partial charge in [-0.1, -0.05) is 19.3 Å². The summed E-state index contributed by atoms with van der Waals surface area (Å²) < 4.78 is 0. The van der Waals surface area contributed by atoms with Crippen LogP contribution >= 0.6 is 0 Å². The minimum Gasteiger partial charge on any atom is -0.480 e. The zero-order valence-corrected chi connectivity index (χ0v) is 11.0. The zero-order valence-electron chi connectivity index (χ0n) is 11.0. The molecule has 1 aliphatic carbocycles. The molecular formula is C13H24N2O3. The van der Waals surface area contributed by atoms with Crippen LogP contribution in [-0.4, -0.2) is 70.9 Å². The molecule has 1 saturated carbocycles. The molecule has 2 N–H and O–H groups in total. The van der Waals surface area contributed by atoms with Crippen molar-refractivity contribution in [2.75, 3.05) is 39.3 Å². The molecule has 1 heterocycles. The lowest BCUT2D eigenvalue weighted by atomic mass is 9.84. The van der Waals surface area contributed by atoms with E-state index >= 15 is 0 Å². The standard InChI is InChI=1S/C13H24N2O3/c16-12(17)10-14-6-8-15(9-7-14)11-13(18)4-2-1-3-5-13/h18H,1-11H2,(H,16,17). The van der Waals surface area contributed by atoms with Crippen LogP contribution in [0.1, 0.15) is 32.1 Å². The maximum atomic E-state index is 10.6. The monoisotopic (exact) mass is 256 g/mol. The lowest BCUT2D eigenvalue weighted by Gasteiger charge is -2.40. The Hall–Kier alpha value is -0.650. The van der Waals surface area contributed by atoms with Crippen LogP contribution in [0.15, 0.2) is 0 Å². The molecule has 2 fully saturated rings. The molecule has 0 spiro atoms. The van der Waals surface area contributed by atoms with Gasteiger partial charge in [0.25, 0.3) is 0 Å². The first-order valence-electron chi connectivity index (χ1n) is 6.96. The molecule has 0 bridgehead atoms. The number of β-amino-alcohol motifs (C(OH)–C–C–N with tert-alkyl or cyclic N) is 1. The Bertz CT molecular complexity index is 282. The molecule has 5 heteroatoms. The first-order chi connectivity index (χ1) is 8.57. The highest BCUT2D eigenvalue weighted by Crippen LogP contribution is 2.29. The van der Waals surface area contributed by atoms with Crippen LogP contribution in [0.4, 0.5) is 0 Å². The van der Waals surface area contributed by atoms with Crippen LogP contribution in [0, 0.1) is 0 Å². The van der Waals surface area contributed by atoms with Crippen LogP contribution in [-0.2, 0) is 4.79 Å². The van der Waals surface area contributed by atoms with E-state index in [9.17, 15) is 9.90 Å². The molecule has 0 aromatic rings. The number of carboxylic acids is 1. The second-order valence-corrected chi connectivity index (χ2v) is 5.73. The number of rotatable bonds is 4. The molecule has 1 aliphatic heterocycles. The lowest BCUT2D eigenvalue weighted by Crippen LogP contribution is -2.53. The van der Waals surface area contributed by atoms with Gasteiger partial charge in [0.05, 0.1) is 12.1 Å². The van der Waals surface area contributed by atoms with Gasteiger partial charge in [-0.25, -0.2) is 0 Å². The highest BCUT2D eigenvalue weighted by atomic mass is 16.4. The van der Waals surface area contributed by atoms with Crippen LogP contribution in [0.25, 0.3) is 0 Å². The zero-order chi connectivity index (χ0) is 13.0. The molecule has 2 aliphatic rings. The predicted octanol–water partition coefficient (Wildman–Crippen LogP) is 0.384. The summed E-state index contributed by atoms with van der Waals surface area (Å²) in [4.78, 5) is 14.9. The Kier molecular flexibility index (Phi) is 4.59. The fourth-order valence-corrected chi connectivity index (χ4v) is 3.08. The molecule has 0 amide bonds. The Morgan fingerprint density at radius 1 is 1.00 bits per heavy atom. The SMILES string of the molecule is O=C(O)CN1CCN(CC2(O)CCCCC2)CC1. The summed E-state index contributed by atoms with van der Waals surface area (Å²) >= 11 is 0. The first-order valence-corrected chi connectivity index (χ1v) is 6.96. The third-order valence-corrected chi connectivity index (χ3v) is 4.13. The second kappa shape index (κ2) is 5.99.